The second-order valence-electron chi connectivity index (χ2n) is 3.01. The molecule has 0 saturated carbocycles. The summed E-state index contributed by atoms with van der Waals surface area (Å²) in [5.41, 5.74) is 0.449. The van der Waals surface area contributed by atoms with Crippen LogP contribution < -0.4 is 0 Å². The second kappa shape index (κ2) is 4.16. The number of rotatable bonds is 3. The Labute approximate surface area is 91.2 Å². The maximum Gasteiger partial charge on any atom is 0.273 e. The summed E-state index contributed by atoms with van der Waals surface area (Å²) in [5.74, 6) is -0.530. The zero-order valence-corrected chi connectivity index (χ0v) is 9.38. The predicted molar refractivity (Wildman–Crippen MR) is 56.3 cm³/mol. The summed E-state index contributed by atoms with van der Waals surface area (Å²) in [4.78, 5) is 10.0. The van der Waals surface area contributed by atoms with Crippen molar-refractivity contribution in [1.82, 2.24) is 0 Å². The molecule has 1 rings (SSSR count). The van der Waals surface area contributed by atoms with Crippen molar-refractivity contribution in [3.05, 3.63) is 39.4 Å². The lowest BCUT2D eigenvalue weighted by atomic mass is 10.1. The van der Waals surface area contributed by atoms with Crippen molar-refractivity contribution in [2.45, 2.75) is 12.7 Å². The van der Waals surface area contributed by atoms with Gasteiger partial charge in [-0.2, -0.15) is 0 Å². The quantitative estimate of drug-likeness (QED) is 0.466. The monoisotopic (exact) mass is 249 g/mol. The van der Waals surface area contributed by atoms with Crippen LogP contribution in [0.5, 0.6) is 0 Å². The smallest absolute Gasteiger partial charge is 0.258 e. The topological polar surface area (TPSA) is 77.3 Å². The highest BCUT2D eigenvalue weighted by Gasteiger charge is 2.20. The minimum Gasteiger partial charge on any atom is -0.258 e. The molecule has 0 amide bonds. The van der Waals surface area contributed by atoms with Crippen LogP contribution >= 0.6 is 10.7 Å². The first-order valence-electron chi connectivity index (χ1n) is 3.96. The first-order chi connectivity index (χ1) is 6.81. The van der Waals surface area contributed by atoms with Crippen LogP contribution in [0.4, 0.5) is 5.69 Å². The van der Waals surface area contributed by atoms with E-state index in [2.05, 4.69) is 0 Å². The van der Waals surface area contributed by atoms with Gasteiger partial charge in [0.25, 0.3) is 5.69 Å². The molecule has 5 nitrogen and oxygen atoms in total. The number of halogens is 1. The molecule has 1 aromatic rings. The van der Waals surface area contributed by atoms with Gasteiger partial charge in [0.05, 0.1) is 10.7 Å². The molecule has 0 fully saturated rings. The Bertz CT molecular complexity index is 497. The Kier molecular flexibility index (Phi) is 3.31. The normalized spacial score (nSPS) is 11.3. The predicted octanol–water partition coefficient (Wildman–Crippen LogP) is 1.97. The molecule has 0 heterocycles. The maximum absolute atomic E-state index is 10.9. The van der Waals surface area contributed by atoms with E-state index in [1.165, 1.54) is 12.1 Å². The van der Waals surface area contributed by atoms with E-state index in [1.807, 2.05) is 0 Å². The van der Waals surface area contributed by atoms with Gasteiger partial charge in [-0.1, -0.05) is 12.1 Å². The summed E-state index contributed by atoms with van der Waals surface area (Å²) in [7, 11) is 1.28. The van der Waals surface area contributed by atoms with Crippen molar-refractivity contribution in [1.29, 1.82) is 0 Å². The third kappa shape index (κ3) is 3.17. The van der Waals surface area contributed by atoms with Gasteiger partial charge in [0.1, 0.15) is 0 Å². The van der Waals surface area contributed by atoms with E-state index in [-0.39, 0.29) is 11.3 Å². The van der Waals surface area contributed by atoms with Crippen LogP contribution in [0.3, 0.4) is 0 Å². The zero-order valence-electron chi connectivity index (χ0n) is 7.81. The highest BCUT2D eigenvalue weighted by atomic mass is 35.7. The van der Waals surface area contributed by atoms with Crippen LogP contribution in [0.15, 0.2) is 18.2 Å². The third-order valence-electron chi connectivity index (χ3n) is 1.90. The van der Waals surface area contributed by atoms with Crippen LogP contribution in [-0.2, 0) is 14.8 Å². The minimum atomic E-state index is -3.79. The van der Waals surface area contributed by atoms with E-state index in [0.717, 1.165) is 0 Å². The Balaban J connectivity index is 3.32. The molecule has 0 aliphatic rings. The number of hydrogen-bond acceptors (Lipinski definition) is 4. The van der Waals surface area contributed by atoms with E-state index in [0.29, 0.717) is 5.56 Å². The van der Waals surface area contributed by atoms with Crippen molar-refractivity contribution < 1.29 is 13.3 Å². The highest BCUT2D eigenvalue weighted by Crippen LogP contribution is 2.24. The van der Waals surface area contributed by atoms with E-state index in [4.69, 9.17) is 10.7 Å². The zero-order chi connectivity index (χ0) is 11.6. The molecule has 0 spiro atoms. The van der Waals surface area contributed by atoms with E-state index < -0.39 is 19.7 Å². The van der Waals surface area contributed by atoms with Crippen LogP contribution in [0.1, 0.15) is 11.1 Å². The molecule has 0 aliphatic heterocycles. The van der Waals surface area contributed by atoms with Gasteiger partial charge in [-0.15, -0.1) is 0 Å². The Morgan fingerprint density at radius 3 is 2.53 bits per heavy atom. The molecular weight excluding hydrogens is 242 g/mol. The lowest BCUT2D eigenvalue weighted by molar-refractivity contribution is -0.385. The molecular formula is C8H8ClNO4S. The largest absolute Gasteiger partial charge is 0.273 e. The van der Waals surface area contributed by atoms with Gasteiger partial charge in [-0.25, -0.2) is 8.42 Å². The number of nitro benzene ring substituents is 1. The number of hydrogen-bond donors (Lipinski definition) is 0. The summed E-state index contributed by atoms with van der Waals surface area (Å²) in [6.45, 7) is 1.60. The number of aryl methyl sites for hydroxylation is 1. The number of nitrogens with zero attached hydrogens (tertiary/aromatic N) is 1. The van der Waals surface area contributed by atoms with Gasteiger partial charge < -0.3 is 0 Å². The highest BCUT2D eigenvalue weighted by molar-refractivity contribution is 8.13. The SMILES string of the molecule is Cc1cccc([N+](=O)[O-])c1CS(=O)(=O)Cl. The summed E-state index contributed by atoms with van der Waals surface area (Å²) in [5, 5.41) is 10.6. The Hall–Kier alpha value is -1.14. The standard InChI is InChI=1S/C8H8ClNO4S/c1-6-3-2-4-8(10(11)12)7(6)5-15(9,13)14/h2-4H,5H2,1H3. The molecule has 0 aliphatic carbocycles. The molecule has 1 aromatic carbocycles. The van der Waals surface area contributed by atoms with Crippen LogP contribution in [-0.4, -0.2) is 13.3 Å². The van der Waals surface area contributed by atoms with Gasteiger partial charge in [0.2, 0.25) is 9.05 Å². The molecule has 0 aromatic heterocycles. The van der Waals surface area contributed by atoms with Crippen molar-refractivity contribution in [3.8, 4) is 0 Å². The van der Waals surface area contributed by atoms with Crippen molar-refractivity contribution >= 4 is 25.4 Å². The fraction of sp³-hybridized carbons (Fsp3) is 0.250. The van der Waals surface area contributed by atoms with Crippen LogP contribution in [0, 0.1) is 17.0 Å². The van der Waals surface area contributed by atoms with Crippen molar-refractivity contribution in [3.63, 3.8) is 0 Å². The molecule has 0 atom stereocenters. The average Bonchev–Trinajstić information content (AvgIpc) is 2.05. The molecule has 0 bridgehead atoms. The molecule has 0 saturated heterocycles. The van der Waals surface area contributed by atoms with E-state index >= 15 is 0 Å². The minimum absolute atomic E-state index is 0.137. The van der Waals surface area contributed by atoms with E-state index in [9.17, 15) is 18.5 Å². The van der Waals surface area contributed by atoms with Gasteiger partial charge in [0.15, 0.2) is 0 Å². The van der Waals surface area contributed by atoms with Crippen molar-refractivity contribution in [2.75, 3.05) is 0 Å². The first-order valence-corrected chi connectivity index (χ1v) is 6.44. The maximum atomic E-state index is 10.9. The van der Waals surface area contributed by atoms with Gasteiger partial charge in [0, 0.05) is 22.3 Å². The van der Waals surface area contributed by atoms with Gasteiger partial charge in [-0.05, 0) is 12.5 Å². The Morgan fingerprint density at radius 1 is 1.47 bits per heavy atom. The fourth-order valence-electron chi connectivity index (χ4n) is 1.22. The van der Waals surface area contributed by atoms with Crippen LogP contribution in [0.2, 0.25) is 0 Å². The number of nitro groups is 1. The summed E-state index contributed by atoms with van der Waals surface area (Å²) < 4.78 is 21.7. The molecule has 15 heavy (non-hydrogen) atoms. The lowest BCUT2D eigenvalue weighted by Gasteiger charge is -2.03. The third-order valence-corrected chi connectivity index (χ3v) is 2.86. The molecule has 7 heteroatoms. The van der Waals surface area contributed by atoms with Crippen LogP contribution in [0.25, 0.3) is 0 Å². The molecule has 82 valence electrons. The van der Waals surface area contributed by atoms with Gasteiger partial charge in [-0.3, -0.25) is 10.1 Å². The average molecular weight is 250 g/mol. The summed E-state index contributed by atoms with van der Waals surface area (Å²) in [6.07, 6.45) is 0. The fourth-order valence-corrected chi connectivity index (χ4v) is 2.27. The first kappa shape index (κ1) is 11.9. The molecule has 0 radical (unpaired) electrons. The second-order valence-corrected chi connectivity index (χ2v) is 5.79. The summed E-state index contributed by atoms with van der Waals surface area (Å²) in [6, 6.07) is 4.35. The van der Waals surface area contributed by atoms with Crippen molar-refractivity contribution in [2.24, 2.45) is 0 Å². The van der Waals surface area contributed by atoms with Gasteiger partial charge >= 0.3 is 0 Å². The Morgan fingerprint density at radius 2 is 2.07 bits per heavy atom. The molecule has 0 unspecified atom stereocenters. The van der Waals surface area contributed by atoms with E-state index in [1.54, 1.807) is 13.0 Å². The number of benzene rings is 1. The lowest BCUT2D eigenvalue weighted by Crippen LogP contribution is -2.02. The summed E-state index contributed by atoms with van der Waals surface area (Å²) >= 11 is 0. The molecule has 0 N–H and O–H groups in total.